The SMILES string of the molecule is O=C(Cc1csc(-c2cc(Br)cs2)n1)NCCS(=O)(=O)N1CCOCC1. The summed E-state index contributed by atoms with van der Waals surface area (Å²) < 4.78 is 32.0. The molecule has 3 rings (SSSR count). The molecule has 0 aromatic carbocycles. The van der Waals surface area contributed by atoms with Crippen LogP contribution in [0.3, 0.4) is 0 Å². The highest BCUT2D eigenvalue weighted by atomic mass is 79.9. The molecule has 0 saturated carbocycles. The Morgan fingerprint density at radius 1 is 1.31 bits per heavy atom. The molecule has 1 aliphatic rings. The van der Waals surface area contributed by atoms with Crippen molar-refractivity contribution in [1.29, 1.82) is 0 Å². The zero-order valence-corrected chi connectivity index (χ0v) is 17.8. The van der Waals surface area contributed by atoms with Crippen molar-refractivity contribution >= 4 is 54.5 Å². The molecule has 3 heterocycles. The van der Waals surface area contributed by atoms with E-state index in [-0.39, 0.29) is 24.6 Å². The lowest BCUT2D eigenvalue weighted by Gasteiger charge is -2.26. The highest BCUT2D eigenvalue weighted by molar-refractivity contribution is 9.10. The fraction of sp³-hybridized carbons (Fsp3) is 0.467. The Hall–Kier alpha value is -0.850. The highest BCUT2D eigenvalue weighted by Crippen LogP contribution is 2.32. The van der Waals surface area contributed by atoms with E-state index in [9.17, 15) is 13.2 Å². The summed E-state index contributed by atoms with van der Waals surface area (Å²) in [5.74, 6) is -0.337. The third-order valence-corrected chi connectivity index (χ3v) is 8.34. The molecule has 1 amide bonds. The first-order valence-corrected chi connectivity index (χ1v) is 12.1. The van der Waals surface area contributed by atoms with Gasteiger partial charge in [-0.25, -0.2) is 13.4 Å². The van der Waals surface area contributed by atoms with Gasteiger partial charge in [-0.15, -0.1) is 22.7 Å². The molecule has 0 aliphatic carbocycles. The summed E-state index contributed by atoms with van der Waals surface area (Å²) in [6, 6.07) is 1.99. The summed E-state index contributed by atoms with van der Waals surface area (Å²) in [5.41, 5.74) is 0.683. The minimum Gasteiger partial charge on any atom is -0.379 e. The van der Waals surface area contributed by atoms with Crippen LogP contribution in [0.25, 0.3) is 9.88 Å². The Balaban J connectivity index is 1.46. The van der Waals surface area contributed by atoms with Crippen molar-refractivity contribution in [3.63, 3.8) is 0 Å². The molecule has 2 aromatic heterocycles. The Morgan fingerprint density at radius 2 is 2.08 bits per heavy atom. The fourth-order valence-electron chi connectivity index (χ4n) is 2.43. The van der Waals surface area contributed by atoms with E-state index >= 15 is 0 Å². The summed E-state index contributed by atoms with van der Waals surface area (Å²) in [4.78, 5) is 17.6. The van der Waals surface area contributed by atoms with Crippen molar-refractivity contribution in [2.45, 2.75) is 6.42 Å². The summed E-state index contributed by atoms with van der Waals surface area (Å²) in [5, 5.41) is 7.38. The molecule has 0 atom stereocenters. The largest absolute Gasteiger partial charge is 0.379 e. The van der Waals surface area contributed by atoms with Gasteiger partial charge < -0.3 is 10.1 Å². The van der Waals surface area contributed by atoms with Crippen LogP contribution < -0.4 is 5.32 Å². The van der Waals surface area contributed by atoms with Gasteiger partial charge >= 0.3 is 0 Å². The Bertz CT molecular complexity index is 859. The average Bonchev–Trinajstić information content (AvgIpc) is 3.24. The van der Waals surface area contributed by atoms with Gasteiger partial charge in [0.15, 0.2) is 0 Å². The average molecular weight is 480 g/mol. The van der Waals surface area contributed by atoms with Gasteiger partial charge in [0.2, 0.25) is 15.9 Å². The maximum Gasteiger partial charge on any atom is 0.226 e. The lowest BCUT2D eigenvalue weighted by atomic mass is 10.3. The van der Waals surface area contributed by atoms with E-state index in [1.165, 1.54) is 15.6 Å². The minimum absolute atomic E-state index is 0.0907. The molecule has 142 valence electrons. The number of hydrogen-bond donors (Lipinski definition) is 1. The lowest BCUT2D eigenvalue weighted by Crippen LogP contribution is -2.43. The highest BCUT2D eigenvalue weighted by Gasteiger charge is 2.24. The number of morpholine rings is 1. The number of nitrogens with one attached hydrogen (secondary N) is 1. The van der Waals surface area contributed by atoms with E-state index in [0.717, 1.165) is 14.4 Å². The van der Waals surface area contributed by atoms with Gasteiger partial charge in [-0.3, -0.25) is 4.79 Å². The minimum atomic E-state index is -3.36. The van der Waals surface area contributed by atoms with Crippen LogP contribution in [0.1, 0.15) is 5.69 Å². The first-order valence-electron chi connectivity index (χ1n) is 7.95. The maximum absolute atomic E-state index is 12.2. The molecule has 1 aliphatic heterocycles. The van der Waals surface area contributed by atoms with Crippen molar-refractivity contribution < 1.29 is 17.9 Å². The first kappa shape index (κ1) is 19.9. The van der Waals surface area contributed by atoms with Gasteiger partial charge in [0.25, 0.3) is 0 Å². The number of carbonyl (C=O) groups is 1. The maximum atomic E-state index is 12.2. The quantitative estimate of drug-likeness (QED) is 0.655. The zero-order chi connectivity index (χ0) is 18.6. The molecule has 1 saturated heterocycles. The zero-order valence-electron chi connectivity index (χ0n) is 13.8. The van der Waals surface area contributed by atoms with E-state index in [2.05, 4.69) is 26.2 Å². The molecule has 0 spiro atoms. The molecule has 0 bridgehead atoms. The number of halogens is 1. The number of thiazole rings is 1. The van der Waals surface area contributed by atoms with Crippen molar-refractivity contribution in [3.8, 4) is 9.88 Å². The van der Waals surface area contributed by atoms with Crippen molar-refractivity contribution in [1.82, 2.24) is 14.6 Å². The van der Waals surface area contributed by atoms with Gasteiger partial charge in [0.1, 0.15) is 5.01 Å². The van der Waals surface area contributed by atoms with Crippen LogP contribution in [0.5, 0.6) is 0 Å². The van der Waals surface area contributed by atoms with Crippen molar-refractivity contribution in [3.05, 3.63) is 27.0 Å². The molecule has 11 heteroatoms. The number of carbonyl (C=O) groups excluding carboxylic acids is 1. The van der Waals surface area contributed by atoms with E-state index < -0.39 is 10.0 Å². The summed E-state index contributed by atoms with van der Waals surface area (Å²) >= 11 is 6.49. The number of thiophene rings is 1. The van der Waals surface area contributed by atoms with E-state index in [4.69, 9.17) is 4.74 Å². The Kier molecular flexibility index (Phi) is 6.81. The van der Waals surface area contributed by atoms with Crippen LogP contribution in [0.15, 0.2) is 21.3 Å². The second-order valence-corrected chi connectivity index (χ2v) is 10.4. The lowest BCUT2D eigenvalue weighted by molar-refractivity contribution is -0.120. The van der Waals surface area contributed by atoms with Crippen LogP contribution in [0, 0.1) is 0 Å². The van der Waals surface area contributed by atoms with Crippen LogP contribution >= 0.6 is 38.6 Å². The normalized spacial score (nSPS) is 15.9. The van der Waals surface area contributed by atoms with Crippen molar-refractivity contribution in [2.75, 3.05) is 38.6 Å². The number of nitrogens with zero attached hydrogens (tertiary/aromatic N) is 2. The predicted molar refractivity (Wildman–Crippen MR) is 106 cm³/mol. The molecule has 2 aromatic rings. The molecule has 0 radical (unpaired) electrons. The number of rotatable bonds is 7. The molecular formula is C15H18BrN3O4S3. The fourth-order valence-corrected chi connectivity index (χ4v) is 6.08. The summed E-state index contributed by atoms with van der Waals surface area (Å²) in [6.07, 6.45) is 0.140. The number of amides is 1. The topological polar surface area (TPSA) is 88.6 Å². The Morgan fingerprint density at radius 3 is 2.77 bits per heavy atom. The summed E-state index contributed by atoms with van der Waals surface area (Å²) in [6.45, 7) is 1.66. The predicted octanol–water partition coefficient (Wildman–Crippen LogP) is 1.95. The van der Waals surface area contributed by atoms with Crippen LogP contribution in [-0.2, 0) is 26.0 Å². The summed E-state index contributed by atoms with van der Waals surface area (Å²) in [7, 11) is -3.36. The molecule has 0 unspecified atom stereocenters. The first-order chi connectivity index (χ1) is 12.4. The van der Waals surface area contributed by atoms with E-state index in [1.807, 2.05) is 16.8 Å². The number of aromatic nitrogens is 1. The van der Waals surface area contributed by atoms with Gasteiger partial charge in [-0.2, -0.15) is 4.31 Å². The van der Waals surface area contributed by atoms with Gasteiger partial charge in [0, 0.05) is 34.9 Å². The molecule has 26 heavy (non-hydrogen) atoms. The van der Waals surface area contributed by atoms with Gasteiger partial charge in [-0.05, 0) is 22.0 Å². The molecular weight excluding hydrogens is 462 g/mol. The standard InChI is InChI=1S/C15H18BrN3O4S3/c16-11-7-13(24-9-11)15-18-12(10-25-15)8-14(20)17-1-6-26(21,22)19-2-4-23-5-3-19/h7,9-10H,1-6,8H2,(H,17,20). The number of sulfonamides is 1. The van der Waals surface area contributed by atoms with E-state index in [1.54, 1.807) is 11.3 Å². The molecule has 1 N–H and O–H groups in total. The monoisotopic (exact) mass is 479 g/mol. The smallest absolute Gasteiger partial charge is 0.226 e. The number of ether oxygens (including phenoxy) is 1. The van der Waals surface area contributed by atoms with E-state index in [0.29, 0.717) is 32.0 Å². The third-order valence-electron chi connectivity index (χ3n) is 3.72. The second-order valence-electron chi connectivity index (χ2n) is 5.63. The third kappa shape index (κ3) is 5.33. The second kappa shape index (κ2) is 8.89. The van der Waals surface area contributed by atoms with Gasteiger partial charge in [0.05, 0.1) is 36.0 Å². The van der Waals surface area contributed by atoms with Crippen LogP contribution in [0.2, 0.25) is 0 Å². The molecule has 1 fully saturated rings. The Labute approximate surface area is 168 Å². The van der Waals surface area contributed by atoms with Gasteiger partial charge in [-0.1, -0.05) is 0 Å². The van der Waals surface area contributed by atoms with Crippen molar-refractivity contribution in [2.24, 2.45) is 0 Å². The van der Waals surface area contributed by atoms with Crippen LogP contribution in [-0.4, -0.2) is 62.2 Å². The molecule has 7 nitrogen and oxygen atoms in total. The number of hydrogen-bond acceptors (Lipinski definition) is 7. The van der Waals surface area contributed by atoms with Crippen LogP contribution in [0.4, 0.5) is 0 Å².